The summed E-state index contributed by atoms with van der Waals surface area (Å²) in [5, 5.41) is 4.23. The number of rotatable bonds is 2. The zero-order valence-electron chi connectivity index (χ0n) is 15.7. The van der Waals surface area contributed by atoms with E-state index in [0.29, 0.717) is 0 Å². The molecule has 0 bridgehead atoms. The van der Waals surface area contributed by atoms with Crippen molar-refractivity contribution in [1.82, 2.24) is 14.5 Å². The summed E-state index contributed by atoms with van der Waals surface area (Å²) in [6.07, 6.45) is 3.96. The number of aryl methyl sites for hydroxylation is 2. The molecular weight excluding hydrogens is 358 g/mol. The summed E-state index contributed by atoms with van der Waals surface area (Å²) in [6, 6.07) is 4.16. The molecule has 4 heterocycles. The number of ether oxygens (including phenoxy) is 1. The molecule has 6 heteroatoms. The lowest BCUT2D eigenvalue weighted by molar-refractivity contribution is 0.0789. The van der Waals surface area contributed by atoms with Gasteiger partial charge in [-0.15, -0.1) is 0 Å². The lowest BCUT2D eigenvalue weighted by atomic mass is 9.93. The summed E-state index contributed by atoms with van der Waals surface area (Å²) in [7, 11) is 2.00. The van der Waals surface area contributed by atoms with E-state index >= 15 is 0 Å². The lowest BCUT2D eigenvalue weighted by Gasteiger charge is -2.28. The molecule has 0 unspecified atom stereocenters. The van der Waals surface area contributed by atoms with Crippen molar-refractivity contribution in [3.8, 4) is 5.75 Å². The van der Waals surface area contributed by atoms with Crippen LogP contribution in [-0.4, -0.2) is 33.4 Å². The predicted octanol–water partition coefficient (Wildman–Crippen LogP) is 4.25. The molecule has 140 valence electrons. The second-order valence-electron chi connectivity index (χ2n) is 7.52. The van der Waals surface area contributed by atoms with Crippen molar-refractivity contribution >= 4 is 28.3 Å². The molecule has 0 spiro atoms. The Kier molecular flexibility index (Phi) is 3.97. The molecule has 1 saturated heterocycles. The zero-order valence-corrected chi connectivity index (χ0v) is 16.5. The number of thiophene rings is 1. The molecule has 27 heavy (non-hydrogen) atoms. The first kappa shape index (κ1) is 16.8. The molecule has 1 atom stereocenters. The Morgan fingerprint density at radius 2 is 2.15 bits per heavy atom. The van der Waals surface area contributed by atoms with Crippen LogP contribution in [0.3, 0.4) is 0 Å². The van der Waals surface area contributed by atoms with Crippen LogP contribution in [0.1, 0.15) is 52.7 Å². The van der Waals surface area contributed by atoms with Gasteiger partial charge >= 0.3 is 0 Å². The van der Waals surface area contributed by atoms with E-state index in [1.54, 1.807) is 11.3 Å². The number of hydrogen-bond donors (Lipinski definition) is 0. The van der Waals surface area contributed by atoms with Crippen LogP contribution in [0.25, 0.3) is 11.0 Å². The van der Waals surface area contributed by atoms with Crippen LogP contribution in [0.4, 0.5) is 0 Å². The minimum atomic E-state index is 0.0337. The zero-order chi connectivity index (χ0) is 18.5. The maximum absolute atomic E-state index is 13.2. The third-order valence-corrected chi connectivity index (χ3v) is 6.62. The van der Waals surface area contributed by atoms with E-state index in [2.05, 4.69) is 16.8 Å². The third kappa shape index (κ3) is 2.65. The van der Waals surface area contributed by atoms with Gasteiger partial charge in [0.1, 0.15) is 17.4 Å². The molecule has 2 aliphatic heterocycles. The van der Waals surface area contributed by atoms with Gasteiger partial charge in [-0.1, -0.05) is 0 Å². The van der Waals surface area contributed by atoms with Crippen LogP contribution in [0.5, 0.6) is 5.75 Å². The number of carbonyl (C=O) groups excluding carboxylic acids is 1. The lowest BCUT2D eigenvalue weighted by Crippen LogP contribution is -2.29. The minimum Gasteiger partial charge on any atom is -0.483 e. The van der Waals surface area contributed by atoms with E-state index < -0.39 is 0 Å². The Hall–Kier alpha value is -2.34. The number of fused-ring (bicyclic) bond motifs is 3. The molecule has 3 aromatic rings. The van der Waals surface area contributed by atoms with Gasteiger partial charge in [0.15, 0.2) is 5.75 Å². The first-order valence-electron chi connectivity index (χ1n) is 9.60. The maximum Gasteiger partial charge on any atom is 0.254 e. The maximum atomic E-state index is 13.2. The highest BCUT2D eigenvalue weighted by molar-refractivity contribution is 7.07. The molecule has 0 aliphatic carbocycles. The molecule has 2 aromatic heterocycles. The summed E-state index contributed by atoms with van der Waals surface area (Å²) in [6.45, 7) is 3.70. The second-order valence-corrected chi connectivity index (χ2v) is 8.30. The minimum absolute atomic E-state index is 0.0337. The normalized spacial score (nSPS) is 19.3. The van der Waals surface area contributed by atoms with Gasteiger partial charge in [-0.2, -0.15) is 11.3 Å². The van der Waals surface area contributed by atoms with Crippen molar-refractivity contribution in [2.24, 2.45) is 7.05 Å². The highest BCUT2D eigenvalue weighted by atomic mass is 32.1. The Morgan fingerprint density at radius 3 is 2.89 bits per heavy atom. The molecule has 0 N–H and O–H groups in total. The van der Waals surface area contributed by atoms with E-state index in [0.717, 1.165) is 72.5 Å². The predicted molar refractivity (Wildman–Crippen MR) is 107 cm³/mol. The number of benzene rings is 1. The summed E-state index contributed by atoms with van der Waals surface area (Å²) in [4.78, 5) is 20.0. The number of hydrogen-bond acceptors (Lipinski definition) is 4. The monoisotopic (exact) mass is 381 g/mol. The Bertz CT molecular complexity index is 1020. The van der Waals surface area contributed by atoms with Gasteiger partial charge in [-0.3, -0.25) is 4.79 Å². The van der Waals surface area contributed by atoms with Gasteiger partial charge in [0.2, 0.25) is 0 Å². The summed E-state index contributed by atoms with van der Waals surface area (Å²) >= 11 is 1.69. The van der Waals surface area contributed by atoms with Gasteiger partial charge < -0.3 is 14.2 Å². The molecule has 0 radical (unpaired) electrons. The topological polar surface area (TPSA) is 47.4 Å². The van der Waals surface area contributed by atoms with Gasteiger partial charge in [0.25, 0.3) is 5.91 Å². The highest BCUT2D eigenvalue weighted by Gasteiger charge is 2.31. The van der Waals surface area contributed by atoms with Gasteiger partial charge in [0, 0.05) is 36.8 Å². The van der Waals surface area contributed by atoms with Gasteiger partial charge in [-0.05, 0) is 55.5 Å². The molecule has 0 saturated carbocycles. The summed E-state index contributed by atoms with van der Waals surface area (Å²) in [5.74, 6) is 1.88. The SMILES string of the molecule is Cc1nc2c3c(c(C(=O)N4CCCC4)cc2n1C)CC[C@@H](c1ccsc1)O3. The van der Waals surface area contributed by atoms with E-state index in [1.165, 1.54) is 5.56 Å². The highest BCUT2D eigenvalue weighted by Crippen LogP contribution is 2.42. The first-order valence-corrected chi connectivity index (χ1v) is 10.5. The van der Waals surface area contributed by atoms with Crippen molar-refractivity contribution in [1.29, 1.82) is 0 Å². The van der Waals surface area contributed by atoms with Crippen LogP contribution in [0, 0.1) is 6.92 Å². The van der Waals surface area contributed by atoms with E-state index in [-0.39, 0.29) is 12.0 Å². The molecule has 5 rings (SSSR count). The fourth-order valence-corrected chi connectivity index (χ4v) is 4.98. The van der Waals surface area contributed by atoms with Crippen LogP contribution >= 0.6 is 11.3 Å². The Balaban J connectivity index is 1.66. The summed E-state index contributed by atoms with van der Waals surface area (Å²) in [5.41, 5.74) is 4.89. The number of carbonyl (C=O) groups is 1. The molecule has 1 fully saturated rings. The second kappa shape index (κ2) is 6.37. The number of likely N-dealkylation sites (tertiary alicyclic amines) is 1. The number of imidazole rings is 1. The quantitative estimate of drug-likeness (QED) is 0.667. The molecule has 2 aliphatic rings. The van der Waals surface area contributed by atoms with Gasteiger partial charge in [0.05, 0.1) is 5.52 Å². The van der Waals surface area contributed by atoms with Crippen LogP contribution in [0.2, 0.25) is 0 Å². The first-order chi connectivity index (χ1) is 13.1. The molecule has 1 amide bonds. The van der Waals surface area contributed by atoms with Crippen molar-refractivity contribution < 1.29 is 9.53 Å². The average Bonchev–Trinajstić information content (AvgIpc) is 3.44. The molecule has 1 aromatic carbocycles. The Labute approximate surface area is 162 Å². The molecule has 5 nitrogen and oxygen atoms in total. The fourth-order valence-electron chi connectivity index (χ4n) is 4.27. The van der Waals surface area contributed by atoms with Crippen molar-refractivity contribution in [3.05, 3.63) is 45.4 Å². The number of amides is 1. The van der Waals surface area contributed by atoms with Crippen LogP contribution in [0.15, 0.2) is 22.9 Å². The van der Waals surface area contributed by atoms with E-state index in [4.69, 9.17) is 9.72 Å². The van der Waals surface area contributed by atoms with E-state index in [1.807, 2.05) is 29.5 Å². The van der Waals surface area contributed by atoms with E-state index in [9.17, 15) is 4.79 Å². The van der Waals surface area contributed by atoms with Crippen molar-refractivity contribution in [2.45, 2.75) is 38.7 Å². The van der Waals surface area contributed by atoms with Crippen molar-refractivity contribution in [2.75, 3.05) is 13.1 Å². The standard InChI is InChI=1S/C21H23N3O2S/c1-13-22-19-17(23(13)2)11-16(21(25)24-8-3-4-9-24)15-5-6-18(26-20(15)19)14-7-10-27-12-14/h7,10-12,18H,3-6,8-9H2,1-2H3/t18-/m0/s1. The average molecular weight is 382 g/mol. The Morgan fingerprint density at radius 1 is 1.33 bits per heavy atom. The molecular formula is C21H23N3O2S. The fraction of sp³-hybridized carbons (Fsp3) is 0.429. The summed E-state index contributed by atoms with van der Waals surface area (Å²) < 4.78 is 8.52. The smallest absolute Gasteiger partial charge is 0.254 e. The number of nitrogens with zero attached hydrogens (tertiary/aromatic N) is 3. The van der Waals surface area contributed by atoms with Crippen molar-refractivity contribution in [3.63, 3.8) is 0 Å². The van der Waals surface area contributed by atoms with Crippen LogP contribution in [-0.2, 0) is 13.5 Å². The number of aromatic nitrogens is 2. The largest absolute Gasteiger partial charge is 0.483 e. The van der Waals surface area contributed by atoms with Crippen LogP contribution < -0.4 is 4.74 Å². The van der Waals surface area contributed by atoms with Gasteiger partial charge in [-0.25, -0.2) is 4.98 Å². The third-order valence-electron chi connectivity index (χ3n) is 5.91.